The zero-order valence-electron chi connectivity index (χ0n) is 14.7. The van der Waals surface area contributed by atoms with E-state index >= 15 is 0 Å². The fourth-order valence-electron chi connectivity index (χ4n) is 3.20. The average Bonchev–Trinajstić information content (AvgIpc) is 3.03. The standard InChI is InChI=1S/C21H23ClN2O2/c22-19-8-6-17(7-9-19)10-12-23-21(26)18-14-20(25)24(15-18)13-11-16-4-2-1-3-5-16/h1-9,18H,10-15H2,(H,23,26). The highest BCUT2D eigenvalue weighted by molar-refractivity contribution is 6.30. The number of hydrogen-bond acceptors (Lipinski definition) is 2. The topological polar surface area (TPSA) is 49.4 Å². The maximum Gasteiger partial charge on any atom is 0.225 e. The van der Waals surface area contributed by atoms with Gasteiger partial charge in [0.1, 0.15) is 0 Å². The molecule has 0 radical (unpaired) electrons. The quantitative estimate of drug-likeness (QED) is 0.814. The molecule has 1 heterocycles. The van der Waals surface area contributed by atoms with E-state index in [1.165, 1.54) is 5.56 Å². The van der Waals surface area contributed by atoms with Crippen LogP contribution in [-0.2, 0) is 22.4 Å². The number of nitrogens with zero attached hydrogens (tertiary/aromatic N) is 1. The lowest BCUT2D eigenvalue weighted by Crippen LogP contribution is -2.34. The number of carbonyl (C=O) groups excluding carboxylic acids is 2. The Balaban J connectivity index is 1.42. The molecule has 1 atom stereocenters. The van der Waals surface area contributed by atoms with Crippen LogP contribution >= 0.6 is 11.6 Å². The van der Waals surface area contributed by atoms with Gasteiger partial charge in [-0.25, -0.2) is 0 Å². The molecule has 1 aliphatic heterocycles. The smallest absolute Gasteiger partial charge is 0.225 e. The van der Waals surface area contributed by atoms with Crippen LogP contribution in [0.1, 0.15) is 17.5 Å². The lowest BCUT2D eigenvalue weighted by Gasteiger charge is -2.16. The third-order valence-corrected chi connectivity index (χ3v) is 4.98. The third kappa shape index (κ3) is 5.09. The molecule has 2 aromatic carbocycles. The molecule has 0 saturated carbocycles. The SMILES string of the molecule is O=C(NCCc1ccc(Cl)cc1)C1CC(=O)N(CCc2ccccc2)C1. The minimum Gasteiger partial charge on any atom is -0.355 e. The molecule has 3 rings (SSSR count). The second kappa shape index (κ2) is 8.86. The molecule has 1 saturated heterocycles. The van der Waals surface area contributed by atoms with Gasteiger partial charge in [-0.3, -0.25) is 9.59 Å². The van der Waals surface area contributed by atoms with Gasteiger partial charge < -0.3 is 10.2 Å². The Labute approximate surface area is 159 Å². The molecule has 0 aromatic heterocycles. The summed E-state index contributed by atoms with van der Waals surface area (Å²) in [6, 6.07) is 17.7. The molecule has 0 aliphatic carbocycles. The summed E-state index contributed by atoms with van der Waals surface area (Å²) in [5.41, 5.74) is 2.33. The van der Waals surface area contributed by atoms with E-state index in [-0.39, 0.29) is 17.7 Å². The van der Waals surface area contributed by atoms with Gasteiger partial charge in [0.2, 0.25) is 11.8 Å². The van der Waals surface area contributed by atoms with E-state index in [4.69, 9.17) is 11.6 Å². The average molecular weight is 371 g/mol. The first kappa shape index (κ1) is 18.5. The van der Waals surface area contributed by atoms with E-state index in [0.717, 1.165) is 18.4 Å². The first-order chi connectivity index (χ1) is 12.6. The van der Waals surface area contributed by atoms with Gasteiger partial charge in [-0.05, 0) is 36.1 Å². The van der Waals surface area contributed by atoms with Gasteiger partial charge in [-0.2, -0.15) is 0 Å². The minimum atomic E-state index is -0.247. The predicted molar refractivity (Wildman–Crippen MR) is 103 cm³/mol. The highest BCUT2D eigenvalue weighted by Crippen LogP contribution is 2.18. The summed E-state index contributed by atoms with van der Waals surface area (Å²) in [5, 5.41) is 3.66. The van der Waals surface area contributed by atoms with Gasteiger partial charge in [0.25, 0.3) is 0 Å². The largest absolute Gasteiger partial charge is 0.355 e. The summed E-state index contributed by atoms with van der Waals surface area (Å²) in [6.45, 7) is 1.74. The molecule has 1 fully saturated rings. The molecule has 1 N–H and O–H groups in total. The Hall–Kier alpha value is -2.33. The van der Waals surface area contributed by atoms with E-state index in [1.54, 1.807) is 4.90 Å². The summed E-state index contributed by atoms with van der Waals surface area (Å²) in [5.74, 6) is -0.211. The van der Waals surface area contributed by atoms with Crippen LogP contribution in [-0.4, -0.2) is 36.3 Å². The van der Waals surface area contributed by atoms with Gasteiger partial charge in [0, 0.05) is 31.1 Å². The van der Waals surface area contributed by atoms with Crippen molar-refractivity contribution in [2.24, 2.45) is 5.92 Å². The van der Waals surface area contributed by atoms with Gasteiger partial charge in [-0.15, -0.1) is 0 Å². The first-order valence-corrected chi connectivity index (χ1v) is 9.33. The zero-order valence-corrected chi connectivity index (χ0v) is 15.4. The second-order valence-corrected chi connectivity index (χ2v) is 7.08. The van der Waals surface area contributed by atoms with Gasteiger partial charge in [0.05, 0.1) is 5.92 Å². The van der Waals surface area contributed by atoms with Crippen molar-refractivity contribution >= 4 is 23.4 Å². The molecule has 1 unspecified atom stereocenters. The minimum absolute atomic E-state index is 0.0328. The lowest BCUT2D eigenvalue weighted by molar-refractivity contribution is -0.129. The predicted octanol–water partition coefficient (Wildman–Crippen LogP) is 3.09. The van der Waals surface area contributed by atoms with Crippen LogP contribution in [0.25, 0.3) is 0 Å². The van der Waals surface area contributed by atoms with Gasteiger partial charge >= 0.3 is 0 Å². The number of rotatable bonds is 7. The van der Waals surface area contributed by atoms with Gasteiger partial charge in [-0.1, -0.05) is 54.1 Å². The van der Waals surface area contributed by atoms with Crippen molar-refractivity contribution in [3.05, 3.63) is 70.7 Å². The second-order valence-electron chi connectivity index (χ2n) is 6.64. The lowest BCUT2D eigenvalue weighted by atomic mass is 10.1. The highest BCUT2D eigenvalue weighted by atomic mass is 35.5. The molecular weight excluding hydrogens is 348 g/mol. The molecule has 0 bridgehead atoms. The number of hydrogen-bond donors (Lipinski definition) is 1. The van der Waals surface area contributed by atoms with Crippen LogP contribution < -0.4 is 5.32 Å². The van der Waals surface area contributed by atoms with Crippen molar-refractivity contribution in [3.8, 4) is 0 Å². The Bertz CT molecular complexity index is 746. The zero-order chi connectivity index (χ0) is 18.4. The first-order valence-electron chi connectivity index (χ1n) is 8.95. The van der Waals surface area contributed by atoms with Crippen LogP contribution in [0.3, 0.4) is 0 Å². The highest BCUT2D eigenvalue weighted by Gasteiger charge is 2.33. The third-order valence-electron chi connectivity index (χ3n) is 4.72. The number of carbonyl (C=O) groups is 2. The Morgan fingerprint density at radius 1 is 1.04 bits per heavy atom. The number of amides is 2. The van der Waals surface area contributed by atoms with Gasteiger partial charge in [0.15, 0.2) is 0 Å². The molecule has 4 nitrogen and oxygen atoms in total. The molecule has 2 aromatic rings. The maximum absolute atomic E-state index is 12.3. The summed E-state index contributed by atoms with van der Waals surface area (Å²) >= 11 is 5.87. The van der Waals surface area contributed by atoms with Crippen LogP contribution in [0, 0.1) is 5.92 Å². The Morgan fingerprint density at radius 3 is 2.46 bits per heavy atom. The monoisotopic (exact) mass is 370 g/mol. The number of halogens is 1. The van der Waals surface area contributed by atoms with Crippen molar-refractivity contribution < 1.29 is 9.59 Å². The molecule has 5 heteroatoms. The maximum atomic E-state index is 12.3. The molecule has 136 valence electrons. The number of likely N-dealkylation sites (tertiary alicyclic amines) is 1. The number of benzene rings is 2. The molecular formula is C21H23ClN2O2. The van der Waals surface area contributed by atoms with E-state index in [1.807, 2.05) is 42.5 Å². The Morgan fingerprint density at radius 2 is 1.73 bits per heavy atom. The summed E-state index contributed by atoms with van der Waals surface area (Å²) in [4.78, 5) is 26.3. The van der Waals surface area contributed by atoms with E-state index in [9.17, 15) is 9.59 Å². The fraction of sp³-hybridized carbons (Fsp3) is 0.333. The van der Waals surface area contributed by atoms with E-state index in [0.29, 0.717) is 31.1 Å². The van der Waals surface area contributed by atoms with Crippen molar-refractivity contribution in [2.75, 3.05) is 19.6 Å². The van der Waals surface area contributed by atoms with E-state index in [2.05, 4.69) is 17.4 Å². The van der Waals surface area contributed by atoms with Crippen molar-refractivity contribution in [1.82, 2.24) is 10.2 Å². The van der Waals surface area contributed by atoms with Crippen LogP contribution in [0.15, 0.2) is 54.6 Å². The van der Waals surface area contributed by atoms with Crippen LogP contribution in [0.4, 0.5) is 0 Å². The van der Waals surface area contributed by atoms with E-state index < -0.39 is 0 Å². The Kier molecular flexibility index (Phi) is 6.29. The molecule has 2 amide bonds. The summed E-state index contributed by atoms with van der Waals surface area (Å²) in [6.07, 6.45) is 1.88. The normalized spacial score (nSPS) is 16.7. The fourth-order valence-corrected chi connectivity index (χ4v) is 3.32. The molecule has 26 heavy (non-hydrogen) atoms. The van der Waals surface area contributed by atoms with Crippen molar-refractivity contribution in [1.29, 1.82) is 0 Å². The number of nitrogens with one attached hydrogen (secondary N) is 1. The molecule has 1 aliphatic rings. The van der Waals surface area contributed by atoms with Crippen LogP contribution in [0.5, 0.6) is 0 Å². The molecule has 0 spiro atoms. The van der Waals surface area contributed by atoms with Crippen molar-refractivity contribution in [3.63, 3.8) is 0 Å². The van der Waals surface area contributed by atoms with Crippen molar-refractivity contribution in [2.45, 2.75) is 19.3 Å². The summed E-state index contributed by atoms with van der Waals surface area (Å²) in [7, 11) is 0. The summed E-state index contributed by atoms with van der Waals surface area (Å²) < 4.78 is 0. The van der Waals surface area contributed by atoms with Crippen LogP contribution in [0.2, 0.25) is 5.02 Å².